The van der Waals surface area contributed by atoms with Crippen LogP contribution in [-0.4, -0.2) is 49.5 Å². The number of nitrogens with one attached hydrogen (secondary N) is 3. The standard InChI is InChI=1S/C24H20N6O5/c31-17-8-16-7-14(3-6-18(16)35-11-17)10-26-23(32)21-19-20(27-12-28-21)22(30-29-19)25-9-13-1-4-15(5-2-13)24(33)34/h1-7,12H,8-11H2,(H,26,32)(H,33,34)(H2,25,29,30). The van der Waals surface area contributed by atoms with Gasteiger partial charge < -0.3 is 20.5 Å². The van der Waals surface area contributed by atoms with Crippen molar-refractivity contribution < 1.29 is 24.2 Å². The average molecular weight is 472 g/mol. The highest BCUT2D eigenvalue weighted by molar-refractivity contribution is 6.04. The summed E-state index contributed by atoms with van der Waals surface area (Å²) in [6.07, 6.45) is 1.61. The molecular formula is C24H20N6O5. The van der Waals surface area contributed by atoms with Crippen LogP contribution >= 0.6 is 0 Å². The second-order valence-electron chi connectivity index (χ2n) is 8.00. The van der Waals surface area contributed by atoms with E-state index in [4.69, 9.17) is 9.84 Å². The van der Waals surface area contributed by atoms with Crippen LogP contribution < -0.4 is 15.4 Å². The lowest BCUT2D eigenvalue weighted by Gasteiger charge is -2.17. The van der Waals surface area contributed by atoms with Crippen LogP contribution in [0.5, 0.6) is 5.75 Å². The molecule has 1 amide bonds. The van der Waals surface area contributed by atoms with Gasteiger partial charge in [0.25, 0.3) is 5.91 Å². The molecule has 0 radical (unpaired) electrons. The van der Waals surface area contributed by atoms with Crippen LogP contribution in [0.1, 0.15) is 37.5 Å². The van der Waals surface area contributed by atoms with Gasteiger partial charge in [-0.3, -0.25) is 14.7 Å². The highest BCUT2D eigenvalue weighted by Gasteiger charge is 2.19. The lowest BCUT2D eigenvalue weighted by Crippen LogP contribution is -2.25. The normalized spacial score (nSPS) is 12.6. The lowest BCUT2D eigenvalue weighted by atomic mass is 10.0. The minimum absolute atomic E-state index is 0.0167. The second-order valence-corrected chi connectivity index (χ2v) is 8.00. The summed E-state index contributed by atoms with van der Waals surface area (Å²) in [5.74, 6) is -0.239. The Balaban J connectivity index is 1.27. The number of ketones is 1. The Morgan fingerprint density at radius 3 is 2.66 bits per heavy atom. The SMILES string of the molecule is O=C1COc2ccc(CNC(=O)c3ncnc4c(NCc5ccc(C(=O)O)cc5)n[nH]c34)cc2C1. The Bertz CT molecular complexity index is 1450. The van der Waals surface area contributed by atoms with Crippen molar-refractivity contribution in [2.45, 2.75) is 19.5 Å². The molecule has 0 saturated carbocycles. The zero-order valence-corrected chi connectivity index (χ0v) is 18.4. The number of fused-ring (bicyclic) bond motifs is 2. The summed E-state index contributed by atoms with van der Waals surface area (Å²) in [5.41, 5.74) is 3.70. The van der Waals surface area contributed by atoms with Gasteiger partial charge in [0.05, 0.1) is 5.56 Å². The molecular weight excluding hydrogens is 452 g/mol. The molecule has 11 heteroatoms. The molecule has 0 spiro atoms. The number of amides is 1. The molecule has 0 aliphatic carbocycles. The quantitative estimate of drug-likeness (QED) is 0.316. The van der Waals surface area contributed by atoms with E-state index < -0.39 is 11.9 Å². The van der Waals surface area contributed by atoms with Gasteiger partial charge in [0.1, 0.15) is 29.7 Å². The predicted octanol–water partition coefficient (Wildman–Crippen LogP) is 2.10. The van der Waals surface area contributed by atoms with Crippen molar-refractivity contribution in [3.8, 4) is 5.75 Å². The third-order valence-electron chi connectivity index (χ3n) is 5.58. The topological polar surface area (TPSA) is 159 Å². The van der Waals surface area contributed by atoms with Crippen molar-refractivity contribution in [1.82, 2.24) is 25.5 Å². The molecule has 0 atom stereocenters. The van der Waals surface area contributed by atoms with Gasteiger partial charge in [0, 0.05) is 25.1 Å². The number of rotatable bonds is 7. The number of carboxylic acids is 1. The number of hydrogen-bond donors (Lipinski definition) is 4. The molecule has 5 rings (SSSR count). The van der Waals surface area contributed by atoms with Crippen molar-refractivity contribution in [2.75, 3.05) is 11.9 Å². The number of carbonyl (C=O) groups is 3. The molecule has 1 aliphatic heterocycles. The summed E-state index contributed by atoms with van der Waals surface area (Å²) in [6, 6.07) is 12.0. The number of aromatic carboxylic acids is 1. The third kappa shape index (κ3) is 4.64. The first-order valence-electron chi connectivity index (χ1n) is 10.8. The zero-order chi connectivity index (χ0) is 24.4. The maximum absolute atomic E-state index is 12.9. The molecule has 4 aromatic rings. The molecule has 0 fully saturated rings. The number of H-pyrrole nitrogens is 1. The van der Waals surface area contributed by atoms with E-state index in [9.17, 15) is 14.4 Å². The van der Waals surface area contributed by atoms with Gasteiger partial charge in [0.15, 0.2) is 17.3 Å². The van der Waals surface area contributed by atoms with Crippen molar-refractivity contribution in [3.05, 3.63) is 76.7 Å². The monoisotopic (exact) mass is 472 g/mol. The molecule has 2 aromatic heterocycles. The highest BCUT2D eigenvalue weighted by atomic mass is 16.5. The van der Waals surface area contributed by atoms with Crippen molar-refractivity contribution >= 4 is 34.5 Å². The van der Waals surface area contributed by atoms with Crippen molar-refractivity contribution in [3.63, 3.8) is 0 Å². The fraction of sp³-hybridized carbons (Fsp3) is 0.167. The van der Waals surface area contributed by atoms with E-state index in [0.29, 0.717) is 35.6 Å². The Labute approximate surface area is 198 Å². The molecule has 4 N–H and O–H groups in total. The Hall–Kier alpha value is -4.80. The van der Waals surface area contributed by atoms with Gasteiger partial charge in [-0.05, 0) is 35.4 Å². The Morgan fingerprint density at radius 2 is 1.86 bits per heavy atom. The summed E-state index contributed by atoms with van der Waals surface area (Å²) in [5, 5.41) is 22.0. The highest BCUT2D eigenvalue weighted by Crippen LogP contribution is 2.25. The first-order valence-corrected chi connectivity index (χ1v) is 10.8. The van der Waals surface area contributed by atoms with Gasteiger partial charge >= 0.3 is 5.97 Å². The molecule has 1 aliphatic rings. The van der Waals surface area contributed by atoms with Crippen LogP contribution in [0.25, 0.3) is 11.0 Å². The average Bonchev–Trinajstić information content (AvgIpc) is 3.29. The number of ether oxygens (including phenoxy) is 1. The molecule has 2 aromatic carbocycles. The van der Waals surface area contributed by atoms with E-state index in [1.165, 1.54) is 18.5 Å². The number of benzene rings is 2. The van der Waals surface area contributed by atoms with Crippen molar-refractivity contribution in [1.29, 1.82) is 0 Å². The summed E-state index contributed by atoms with van der Waals surface area (Å²) in [4.78, 5) is 43.8. The molecule has 176 valence electrons. The maximum Gasteiger partial charge on any atom is 0.335 e. The number of aromatic nitrogens is 4. The molecule has 0 unspecified atom stereocenters. The van der Waals surface area contributed by atoms with Crippen LogP contribution in [0.2, 0.25) is 0 Å². The smallest absolute Gasteiger partial charge is 0.335 e. The lowest BCUT2D eigenvalue weighted by molar-refractivity contribution is -0.121. The summed E-state index contributed by atoms with van der Waals surface area (Å²) < 4.78 is 5.40. The van der Waals surface area contributed by atoms with E-state index in [2.05, 4.69) is 30.8 Å². The Morgan fingerprint density at radius 1 is 1.06 bits per heavy atom. The van der Waals surface area contributed by atoms with E-state index in [0.717, 1.165) is 16.7 Å². The number of anilines is 1. The van der Waals surface area contributed by atoms with E-state index in [1.54, 1.807) is 18.2 Å². The third-order valence-corrected chi connectivity index (χ3v) is 5.58. The number of nitrogens with zero attached hydrogens (tertiary/aromatic N) is 3. The number of carboxylic acid groups (broad SMARTS) is 1. The zero-order valence-electron chi connectivity index (χ0n) is 18.4. The largest absolute Gasteiger partial charge is 0.486 e. The van der Waals surface area contributed by atoms with Gasteiger partial charge in [-0.2, -0.15) is 5.10 Å². The summed E-state index contributed by atoms with van der Waals surface area (Å²) >= 11 is 0. The molecule has 35 heavy (non-hydrogen) atoms. The number of Topliss-reactive ketones (excluding diaryl/α,β-unsaturated/α-hetero) is 1. The first-order chi connectivity index (χ1) is 17.0. The van der Waals surface area contributed by atoms with Gasteiger partial charge in [-0.25, -0.2) is 14.8 Å². The molecule has 11 nitrogen and oxygen atoms in total. The number of aromatic amines is 1. The fourth-order valence-corrected chi connectivity index (χ4v) is 3.79. The van der Waals surface area contributed by atoms with Gasteiger partial charge in [0.2, 0.25) is 0 Å². The molecule has 3 heterocycles. The number of hydrogen-bond acceptors (Lipinski definition) is 8. The maximum atomic E-state index is 12.9. The Kier molecular flexibility index (Phi) is 5.80. The first kappa shape index (κ1) is 22.0. The minimum atomic E-state index is -0.985. The minimum Gasteiger partial charge on any atom is -0.486 e. The van der Waals surface area contributed by atoms with Gasteiger partial charge in [-0.1, -0.05) is 18.2 Å². The molecule has 0 bridgehead atoms. The van der Waals surface area contributed by atoms with Crippen molar-refractivity contribution in [2.24, 2.45) is 0 Å². The van der Waals surface area contributed by atoms with E-state index in [-0.39, 0.29) is 30.2 Å². The van der Waals surface area contributed by atoms with Crippen LogP contribution in [0, 0.1) is 0 Å². The molecule has 0 saturated heterocycles. The van der Waals surface area contributed by atoms with E-state index in [1.807, 2.05) is 12.1 Å². The van der Waals surface area contributed by atoms with Crippen LogP contribution in [-0.2, 0) is 24.3 Å². The predicted molar refractivity (Wildman–Crippen MR) is 124 cm³/mol. The van der Waals surface area contributed by atoms with Crippen LogP contribution in [0.4, 0.5) is 5.82 Å². The van der Waals surface area contributed by atoms with Crippen LogP contribution in [0.3, 0.4) is 0 Å². The van der Waals surface area contributed by atoms with Crippen LogP contribution in [0.15, 0.2) is 48.8 Å². The number of carbonyl (C=O) groups excluding carboxylic acids is 2. The fourth-order valence-electron chi connectivity index (χ4n) is 3.79. The summed E-state index contributed by atoms with van der Waals surface area (Å²) in [6.45, 7) is 0.720. The second kappa shape index (κ2) is 9.21. The van der Waals surface area contributed by atoms with Gasteiger partial charge in [-0.15, -0.1) is 0 Å². The van der Waals surface area contributed by atoms with E-state index >= 15 is 0 Å². The summed E-state index contributed by atoms with van der Waals surface area (Å²) in [7, 11) is 0.